The highest BCUT2D eigenvalue weighted by Crippen LogP contribution is 2.24. The van der Waals surface area contributed by atoms with Crippen molar-refractivity contribution in [3.05, 3.63) is 45.6 Å². The number of aryl methyl sites for hydroxylation is 2. The number of hydrogen-bond acceptors (Lipinski definition) is 3. The standard InChI is InChI=1S/C17H22N2O2S/c1-12-5-6-15(21-4)14(9-12)18-17(20)11-19(3)10-16-13(2)7-8-22-16/h5-9H,10-11H2,1-4H3,(H,18,20)/p+1. The Kier molecular flexibility index (Phi) is 5.57. The zero-order valence-corrected chi connectivity index (χ0v) is 14.3. The molecule has 1 aromatic carbocycles. The van der Waals surface area contributed by atoms with Crippen molar-refractivity contribution in [2.24, 2.45) is 0 Å². The summed E-state index contributed by atoms with van der Waals surface area (Å²) in [6, 6.07) is 7.88. The van der Waals surface area contributed by atoms with Crippen LogP contribution in [0.1, 0.15) is 16.0 Å². The smallest absolute Gasteiger partial charge is 0.279 e. The normalized spacial score (nSPS) is 12.0. The summed E-state index contributed by atoms with van der Waals surface area (Å²) in [4.78, 5) is 14.7. The van der Waals surface area contributed by atoms with Gasteiger partial charge in [0.1, 0.15) is 12.3 Å². The van der Waals surface area contributed by atoms with E-state index in [1.54, 1.807) is 18.4 Å². The topological polar surface area (TPSA) is 42.8 Å². The summed E-state index contributed by atoms with van der Waals surface area (Å²) in [7, 11) is 3.64. The quantitative estimate of drug-likeness (QED) is 0.855. The number of nitrogens with one attached hydrogen (secondary N) is 2. The highest BCUT2D eigenvalue weighted by Gasteiger charge is 2.14. The SMILES string of the molecule is COc1ccc(C)cc1NC(=O)C[NH+](C)Cc1sccc1C. The summed E-state index contributed by atoms with van der Waals surface area (Å²) in [5, 5.41) is 5.04. The molecule has 4 nitrogen and oxygen atoms in total. The lowest BCUT2D eigenvalue weighted by Crippen LogP contribution is -3.08. The highest BCUT2D eigenvalue weighted by molar-refractivity contribution is 7.10. The van der Waals surface area contributed by atoms with E-state index < -0.39 is 0 Å². The third kappa shape index (κ3) is 4.32. The van der Waals surface area contributed by atoms with Crippen LogP contribution in [0.4, 0.5) is 5.69 Å². The van der Waals surface area contributed by atoms with Crippen LogP contribution in [0.2, 0.25) is 0 Å². The number of benzene rings is 1. The van der Waals surface area contributed by atoms with Crippen molar-refractivity contribution in [2.75, 3.05) is 26.0 Å². The highest BCUT2D eigenvalue weighted by atomic mass is 32.1. The van der Waals surface area contributed by atoms with Crippen molar-refractivity contribution in [2.45, 2.75) is 20.4 Å². The molecule has 0 spiro atoms. The van der Waals surface area contributed by atoms with Crippen LogP contribution in [0.25, 0.3) is 0 Å². The Labute approximate surface area is 135 Å². The van der Waals surface area contributed by atoms with Gasteiger partial charge in [0.05, 0.1) is 24.7 Å². The van der Waals surface area contributed by atoms with Crippen LogP contribution in [-0.4, -0.2) is 26.6 Å². The first-order valence-corrected chi connectivity index (χ1v) is 8.16. The molecule has 1 unspecified atom stereocenters. The molecule has 0 aliphatic rings. The van der Waals surface area contributed by atoms with Crippen molar-refractivity contribution < 1.29 is 14.4 Å². The van der Waals surface area contributed by atoms with Gasteiger partial charge in [-0.25, -0.2) is 0 Å². The van der Waals surface area contributed by atoms with Gasteiger partial charge in [-0.1, -0.05) is 6.07 Å². The van der Waals surface area contributed by atoms with E-state index in [1.807, 2.05) is 32.2 Å². The molecule has 1 atom stereocenters. The first-order chi connectivity index (χ1) is 10.5. The predicted octanol–water partition coefficient (Wildman–Crippen LogP) is 2.03. The van der Waals surface area contributed by atoms with E-state index >= 15 is 0 Å². The number of carbonyl (C=O) groups is 1. The van der Waals surface area contributed by atoms with Gasteiger partial charge in [0.2, 0.25) is 0 Å². The first-order valence-electron chi connectivity index (χ1n) is 7.28. The fraction of sp³-hybridized carbons (Fsp3) is 0.353. The van der Waals surface area contributed by atoms with Crippen LogP contribution < -0.4 is 15.0 Å². The first kappa shape index (κ1) is 16.5. The number of likely N-dealkylation sites (N-methyl/N-ethyl adjacent to an activating group) is 1. The van der Waals surface area contributed by atoms with Gasteiger partial charge in [0.25, 0.3) is 5.91 Å². The molecule has 0 saturated carbocycles. The molecule has 0 aliphatic carbocycles. The summed E-state index contributed by atoms with van der Waals surface area (Å²) >= 11 is 1.74. The zero-order valence-electron chi connectivity index (χ0n) is 13.5. The second kappa shape index (κ2) is 7.42. The number of ether oxygens (including phenoxy) is 1. The number of hydrogen-bond donors (Lipinski definition) is 2. The van der Waals surface area contributed by atoms with Gasteiger partial charge >= 0.3 is 0 Å². The maximum absolute atomic E-state index is 12.2. The molecule has 118 valence electrons. The molecule has 22 heavy (non-hydrogen) atoms. The molecule has 1 heterocycles. The largest absolute Gasteiger partial charge is 0.495 e. The molecule has 0 radical (unpaired) electrons. The van der Waals surface area contributed by atoms with Crippen LogP contribution in [0.15, 0.2) is 29.6 Å². The molecule has 0 bridgehead atoms. The maximum atomic E-state index is 12.2. The predicted molar refractivity (Wildman–Crippen MR) is 90.9 cm³/mol. The van der Waals surface area contributed by atoms with E-state index in [-0.39, 0.29) is 5.91 Å². The van der Waals surface area contributed by atoms with Crippen LogP contribution in [0.5, 0.6) is 5.75 Å². The minimum absolute atomic E-state index is 0.00407. The molecular weight excluding hydrogens is 296 g/mol. The van der Waals surface area contributed by atoms with E-state index in [2.05, 4.69) is 23.7 Å². The molecule has 2 aromatic rings. The fourth-order valence-corrected chi connectivity index (χ4v) is 3.33. The average Bonchev–Trinajstić information content (AvgIpc) is 2.84. The van der Waals surface area contributed by atoms with Crippen LogP contribution >= 0.6 is 11.3 Å². The van der Waals surface area contributed by atoms with E-state index in [9.17, 15) is 4.79 Å². The Morgan fingerprint density at radius 1 is 1.32 bits per heavy atom. The second-order valence-electron chi connectivity index (χ2n) is 5.59. The van der Waals surface area contributed by atoms with E-state index in [0.29, 0.717) is 12.3 Å². The Morgan fingerprint density at radius 3 is 2.73 bits per heavy atom. The number of quaternary nitrogens is 1. The monoisotopic (exact) mass is 319 g/mol. The number of anilines is 1. The van der Waals surface area contributed by atoms with Gasteiger partial charge in [-0.05, 0) is 48.6 Å². The second-order valence-corrected chi connectivity index (χ2v) is 6.59. The fourth-order valence-electron chi connectivity index (χ4n) is 2.31. The lowest BCUT2D eigenvalue weighted by molar-refractivity contribution is -0.884. The van der Waals surface area contributed by atoms with Crippen molar-refractivity contribution >= 4 is 22.9 Å². The summed E-state index contributed by atoms with van der Waals surface area (Å²) in [6.07, 6.45) is 0. The van der Waals surface area contributed by atoms with Crippen molar-refractivity contribution in [3.63, 3.8) is 0 Å². The number of amides is 1. The van der Waals surface area contributed by atoms with E-state index in [4.69, 9.17) is 4.74 Å². The number of methoxy groups -OCH3 is 1. The summed E-state index contributed by atoms with van der Waals surface area (Å²) in [5.41, 5.74) is 3.11. The number of rotatable bonds is 6. The zero-order chi connectivity index (χ0) is 16.1. The summed E-state index contributed by atoms with van der Waals surface area (Å²) in [6.45, 7) is 5.39. The van der Waals surface area contributed by atoms with E-state index in [0.717, 1.165) is 22.7 Å². The lowest BCUT2D eigenvalue weighted by atomic mass is 10.2. The van der Waals surface area contributed by atoms with Crippen molar-refractivity contribution in [1.82, 2.24) is 0 Å². The number of thiophene rings is 1. The van der Waals surface area contributed by atoms with Gasteiger partial charge in [0.15, 0.2) is 6.54 Å². The summed E-state index contributed by atoms with van der Waals surface area (Å²) < 4.78 is 5.29. The Morgan fingerprint density at radius 2 is 2.09 bits per heavy atom. The molecule has 5 heteroatoms. The molecular formula is C17H23N2O2S+. The third-order valence-electron chi connectivity index (χ3n) is 3.52. The minimum atomic E-state index is -0.00407. The average molecular weight is 319 g/mol. The molecule has 2 N–H and O–H groups in total. The molecule has 0 saturated heterocycles. The Bertz CT molecular complexity index is 652. The Hall–Kier alpha value is -1.85. The maximum Gasteiger partial charge on any atom is 0.279 e. The number of carbonyl (C=O) groups excluding carboxylic acids is 1. The summed E-state index contributed by atoms with van der Waals surface area (Å²) in [5.74, 6) is 0.682. The third-order valence-corrected chi connectivity index (χ3v) is 4.54. The van der Waals surface area contributed by atoms with Crippen molar-refractivity contribution in [1.29, 1.82) is 0 Å². The van der Waals surface area contributed by atoms with Crippen LogP contribution in [-0.2, 0) is 11.3 Å². The molecule has 0 aliphatic heterocycles. The van der Waals surface area contributed by atoms with Gasteiger partial charge in [-0.15, -0.1) is 11.3 Å². The van der Waals surface area contributed by atoms with Crippen LogP contribution in [0, 0.1) is 13.8 Å². The van der Waals surface area contributed by atoms with Crippen LogP contribution in [0.3, 0.4) is 0 Å². The van der Waals surface area contributed by atoms with Gasteiger partial charge in [0, 0.05) is 0 Å². The van der Waals surface area contributed by atoms with Gasteiger partial charge < -0.3 is 15.0 Å². The Balaban J connectivity index is 1.95. The van der Waals surface area contributed by atoms with E-state index in [1.165, 1.54) is 10.4 Å². The lowest BCUT2D eigenvalue weighted by Gasteiger charge is -2.15. The van der Waals surface area contributed by atoms with Gasteiger partial charge in [-0.3, -0.25) is 4.79 Å². The molecule has 0 fully saturated rings. The van der Waals surface area contributed by atoms with Gasteiger partial charge in [-0.2, -0.15) is 0 Å². The van der Waals surface area contributed by atoms with Crippen molar-refractivity contribution in [3.8, 4) is 5.75 Å². The molecule has 2 rings (SSSR count). The molecule has 1 amide bonds. The molecule has 1 aromatic heterocycles. The minimum Gasteiger partial charge on any atom is -0.495 e.